The van der Waals surface area contributed by atoms with E-state index in [4.69, 9.17) is 27.9 Å². The summed E-state index contributed by atoms with van der Waals surface area (Å²) in [6.45, 7) is 1.05. The molecule has 1 saturated heterocycles. The molecule has 0 amide bonds. The van der Waals surface area contributed by atoms with Crippen molar-refractivity contribution in [3.05, 3.63) is 28.2 Å². The summed E-state index contributed by atoms with van der Waals surface area (Å²) in [5.41, 5.74) is 0. The number of ether oxygens (including phenoxy) is 1. The fourth-order valence-corrected chi connectivity index (χ4v) is 3.95. The highest BCUT2D eigenvalue weighted by Gasteiger charge is 2.26. The van der Waals surface area contributed by atoms with Crippen LogP contribution in [0.15, 0.2) is 18.2 Å². The molecule has 1 fully saturated rings. The maximum absolute atomic E-state index is 11.3. The fraction of sp³-hybridized carbons (Fsp3) is 0.500. The molecule has 106 valence electrons. The van der Waals surface area contributed by atoms with Crippen LogP contribution < -0.4 is 10.1 Å². The van der Waals surface area contributed by atoms with Gasteiger partial charge in [-0.1, -0.05) is 23.2 Å². The number of rotatable bonds is 5. The molecule has 2 rings (SSSR count). The monoisotopic (exact) mass is 323 g/mol. The van der Waals surface area contributed by atoms with Crippen molar-refractivity contribution in [1.29, 1.82) is 0 Å². The van der Waals surface area contributed by atoms with Gasteiger partial charge in [0.25, 0.3) is 0 Å². The van der Waals surface area contributed by atoms with E-state index in [9.17, 15) is 8.42 Å². The molecule has 0 aliphatic carbocycles. The van der Waals surface area contributed by atoms with Gasteiger partial charge < -0.3 is 10.1 Å². The van der Waals surface area contributed by atoms with Crippen LogP contribution >= 0.6 is 23.2 Å². The Bertz CT molecular complexity index is 548. The molecule has 1 aliphatic heterocycles. The third-order valence-corrected chi connectivity index (χ3v) is 5.43. The normalized spacial score (nSPS) is 21.5. The largest absolute Gasteiger partial charge is 0.492 e. The number of sulfone groups is 1. The number of halogens is 2. The molecule has 1 unspecified atom stereocenters. The van der Waals surface area contributed by atoms with Gasteiger partial charge >= 0.3 is 0 Å². The molecule has 1 aromatic rings. The van der Waals surface area contributed by atoms with Crippen LogP contribution in [0.4, 0.5) is 0 Å². The molecule has 7 heteroatoms. The van der Waals surface area contributed by atoms with Crippen LogP contribution in [-0.4, -0.2) is 39.1 Å². The van der Waals surface area contributed by atoms with E-state index < -0.39 is 9.84 Å². The number of hydrogen-bond acceptors (Lipinski definition) is 4. The van der Waals surface area contributed by atoms with Gasteiger partial charge in [-0.05, 0) is 18.6 Å². The fourth-order valence-electron chi connectivity index (χ4n) is 1.95. The van der Waals surface area contributed by atoms with Crippen LogP contribution in [0, 0.1) is 0 Å². The molecule has 1 atom stereocenters. The minimum absolute atomic E-state index is 0.0439. The van der Waals surface area contributed by atoms with E-state index in [1.807, 2.05) is 0 Å². The quantitative estimate of drug-likeness (QED) is 0.843. The third kappa shape index (κ3) is 4.53. The Morgan fingerprint density at radius 3 is 2.74 bits per heavy atom. The first-order valence-corrected chi connectivity index (χ1v) is 8.56. The second-order valence-corrected chi connectivity index (χ2v) is 7.52. The van der Waals surface area contributed by atoms with Gasteiger partial charge in [0.2, 0.25) is 0 Å². The first kappa shape index (κ1) is 14.9. The SMILES string of the molecule is O=S1(=O)CCC(NCCOc2ccc(Cl)c(Cl)c2)C1. The molecule has 1 aromatic carbocycles. The van der Waals surface area contributed by atoms with Gasteiger partial charge in [0.1, 0.15) is 12.4 Å². The minimum Gasteiger partial charge on any atom is -0.492 e. The molecule has 1 N–H and O–H groups in total. The highest BCUT2D eigenvalue weighted by atomic mass is 35.5. The van der Waals surface area contributed by atoms with Gasteiger partial charge in [0.05, 0.1) is 21.6 Å². The van der Waals surface area contributed by atoms with Gasteiger partial charge in [-0.25, -0.2) is 8.42 Å². The number of benzene rings is 1. The van der Waals surface area contributed by atoms with Crippen molar-refractivity contribution >= 4 is 33.0 Å². The van der Waals surface area contributed by atoms with E-state index in [1.165, 1.54) is 0 Å². The van der Waals surface area contributed by atoms with E-state index in [-0.39, 0.29) is 17.5 Å². The average molecular weight is 324 g/mol. The van der Waals surface area contributed by atoms with Crippen LogP contribution in [0.3, 0.4) is 0 Å². The number of hydrogen-bond donors (Lipinski definition) is 1. The van der Waals surface area contributed by atoms with Crippen LogP contribution in [0.25, 0.3) is 0 Å². The molecule has 19 heavy (non-hydrogen) atoms. The van der Waals surface area contributed by atoms with Crippen molar-refractivity contribution in [2.45, 2.75) is 12.5 Å². The van der Waals surface area contributed by atoms with E-state index >= 15 is 0 Å². The first-order valence-electron chi connectivity index (χ1n) is 5.98. The third-order valence-electron chi connectivity index (χ3n) is 2.93. The number of nitrogens with one attached hydrogen (secondary N) is 1. The smallest absolute Gasteiger partial charge is 0.151 e. The predicted octanol–water partition coefficient (Wildman–Crippen LogP) is 2.15. The Morgan fingerprint density at radius 2 is 2.11 bits per heavy atom. The molecular weight excluding hydrogens is 309 g/mol. The standard InChI is InChI=1S/C12H15Cl2NO3S/c13-11-2-1-10(7-12(11)14)18-5-4-15-9-3-6-19(16,17)8-9/h1-2,7,9,15H,3-6,8H2. The molecule has 4 nitrogen and oxygen atoms in total. The van der Waals surface area contributed by atoms with E-state index in [0.717, 1.165) is 0 Å². The minimum atomic E-state index is -2.83. The van der Waals surface area contributed by atoms with Crippen molar-refractivity contribution in [1.82, 2.24) is 5.32 Å². The summed E-state index contributed by atoms with van der Waals surface area (Å²) < 4.78 is 28.0. The lowest BCUT2D eigenvalue weighted by atomic mass is 10.3. The first-order chi connectivity index (χ1) is 8.96. The van der Waals surface area contributed by atoms with Gasteiger partial charge in [-0.3, -0.25) is 0 Å². The lowest BCUT2D eigenvalue weighted by Crippen LogP contribution is -2.33. The molecule has 1 aliphatic rings. The highest BCUT2D eigenvalue weighted by Crippen LogP contribution is 2.26. The highest BCUT2D eigenvalue weighted by molar-refractivity contribution is 7.91. The van der Waals surface area contributed by atoms with Crippen molar-refractivity contribution in [3.63, 3.8) is 0 Å². The van der Waals surface area contributed by atoms with E-state index in [1.54, 1.807) is 18.2 Å². The second-order valence-electron chi connectivity index (χ2n) is 4.48. The predicted molar refractivity (Wildman–Crippen MR) is 77.0 cm³/mol. The second kappa shape index (κ2) is 6.31. The van der Waals surface area contributed by atoms with Crippen molar-refractivity contribution in [3.8, 4) is 5.75 Å². The molecule has 0 saturated carbocycles. The lowest BCUT2D eigenvalue weighted by Gasteiger charge is -2.11. The molecular formula is C12H15Cl2NO3S. The Balaban J connectivity index is 1.71. The van der Waals surface area contributed by atoms with E-state index in [2.05, 4.69) is 5.32 Å². The van der Waals surface area contributed by atoms with Crippen LogP contribution in [0.2, 0.25) is 10.0 Å². The summed E-state index contributed by atoms with van der Waals surface area (Å²) in [5, 5.41) is 4.11. The average Bonchev–Trinajstić information content (AvgIpc) is 2.69. The maximum Gasteiger partial charge on any atom is 0.151 e. The topological polar surface area (TPSA) is 55.4 Å². The van der Waals surface area contributed by atoms with Gasteiger partial charge in [0, 0.05) is 18.7 Å². The summed E-state index contributed by atoms with van der Waals surface area (Å²) in [4.78, 5) is 0. The van der Waals surface area contributed by atoms with E-state index in [0.29, 0.717) is 35.4 Å². The van der Waals surface area contributed by atoms with Crippen LogP contribution in [0.1, 0.15) is 6.42 Å². The lowest BCUT2D eigenvalue weighted by molar-refractivity contribution is 0.307. The molecule has 0 spiro atoms. The Morgan fingerprint density at radius 1 is 1.32 bits per heavy atom. The molecule has 0 aromatic heterocycles. The van der Waals surface area contributed by atoms with Crippen LogP contribution in [-0.2, 0) is 9.84 Å². The van der Waals surface area contributed by atoms with Gasteiger partial charge in [-0.15, -0.1) is 0 Å². The Hall–Kier alpha value is -0.490. The summed E-state index contributed by atoms with van der Waals surface area (Å²) in [7, 11) is -2.83. The van der Waals surface area contributed by atoms with Crippen LogP contribution in [0.5, 0.6) is 5.75 Å². The zero-order valence-electron chi connectivity index (χ0n) is 10.2. The van der Waals surface area contributed by atoms with Crippen molar-refractivity contribution in [2.24, 2.45) is 0 Å². The van der Waals surface area contributed by atoms with Gasteiger partial charge in [-0.2, -0.15) is 0 Å². The summed E-state index contributed by atoms with van der Waals surface area (Å²) in [5.74, 6) is 1.15. The zero-order valence-corrected chi connectivity index (χ0v) is 12.6. The van der Waals surface area contributed by atoms with Crippen molar-refractivity contribution in [2.75, 3.05) is 24.7 Å². The Labute approximate surface area is 123 Å². The molecule has 1 heterocycles. The maximum atomic E-state index is 11.3. The summed E-state index contributed by atoms with van der Waals surface area (Å²) in [6.07, 6.45) is 0.676. The zero-order chi connectivity index (χ0) is 13.9. The molecule has 0 radical (unpaired) electrons. The summed E-state index contributed by atoms with van der Waals surface area (Å²) in [6, 6.07) is 5.12. The van der Waals surface area contributed by atoms with Crippen molar-refractivity contribution < 1.29 is 13.2 Å². The van der Waals surface area contributed by atoms with Gasteiger partial charge in [0.15, 0.2) is 9.84 Å². The molecule has 0 bridgehead atoms. The summed E-state index contributed by atoms with van der Waals surface area (Å²) >= 11 is 11.7. The Kier molecular flexibility index (Phi) is 4.95.